The summed E-state index contributed by atoms with van der Waals surface area (Å²) in [4.78, 5) is 29.2. The predicted octanol–water partition coefficient (Wildman–Crippen LogP) is 14.4. The van der Waals surface area contributed by atoms with Crippen LogP contribution in [0.5, 0.6) is 0 Å². The van der Waals surface area contributed by atoms with Crippen molar-refractivity contribution < 1.29 is 43.1 Å². The van der Waals surface area contributed by atoms with Crippen LogP contribution in [0.4, 0.5) is 0 Å². The number of nitrogens with zero attached hydrogens (tertiary/aromatic N) is 1. The molecule has 414 valence electrons. The van der Waals surface area contributed by atoms with E-state index < -0.39 is 0 Å². The van der Waals surface area contributed by atoms with Crippen LogP contribution in [0, 0.1) is 52.8 Å². The van der Waals surface area contributed by atoms with Crippen molar-refractivity contribution in [1.29, 1.82) is 0 Å². The summed E-state index contributed by atoms with van der Waals surface area (Å²) in [6.07, 6.45) is 37.5. The fourth-order valence-corrected chi connectivity index (χ4v) is 11.9. The second-order valence-corrected chi connectivity index (χ2v) is 23.9. The molecular weight excluding hydrogens is 891 g/mol. The van der Waals surface area contributed by atoms with Gasteiger partial charge >= 0.3 is 11.9 Å². The van der Waals surface area contributed by atoms with Crippen LogP contribution in [0.25, 0.3) is 0 Å². The minimum absolute atomic E-state index is 0.0685. The molecule has 0 spiro atoms. The van der Waals surface area contributed by atoms with Gasteiger partial charge in [0.05, 0.1) is 52.5 Å². The Morgan fingerprint density at radius 1 is 0.479 bits per heavy atom. The molecule has 5 fully saturated rings. The minimum Gasteiger partial charge on any atom is -0.466 e. The summed E-state index contributed by atoms with van der Waals surface area (Å²) < 4.78 is 37.8. The molecule has 71 heavy (non-hydrogen) atoms. The van der Waals surface area contributed by atoms with Gasteiger partial charge in [0.2, 0.25) is 0 Å². The lowest BCUT2D eigenvalue weighted by Gasteiger charge is -2.42. The second kappa shape index (κ2) is 35.9. The molecule has 0 aromatic carbocycles. The highest BCUT2D eigenvalue weighted by Gasteiger charge is 2.41. The number of aliphatic hydroxyl groups excluding tert-OH is 1. The van der Waals surface area contributed by atoms with Gasteiger partial charge in [-0.3, -0.25) is 9.59 Å². The number of hydrogen-bond donors (Lipinski definition) is 1. The number of hydrogen-bond acceptors (Lipinski definition) is 10. The number of carbonyl (C=O) groups excluding carboxylic acids is 2. The highest BCUT2D eigenvalue weighted by molar-refractivity contribution is 5.69. The molecule has 0 aromatic heterocycles. The van der Waals surface area contributed by atoms with Crippen LogP contribution >= 0.6 is 0 Å². The first kappa shape index (κ1) is 60.6. The Morgan fingerprint density at radius 3 is 1.15 bits per heavy atom. The highest BCUT2D eigenvalue weighted by atomic mass is 16.7. The average Bonchev–Trinajstić information content (AvgIpc) is 4.19. The molecule has 5 rings (SSSR count). The Hall–Kier alpha value is -1.30. The lowest BCUT2D eigenvalue weighted by atomic mass is 9.73. The lowest BCUT2D eigenvalue weighted by molar-refractivity contribution is -0.163. The third kappa shape index (κ3) is 26.3. The van der Waals surface area contributed by atoms with E-state index >= 15 is 0 Å². The fourth-order valence-electron chi connectivity index (χ4n) is 11.9. The number of ether oxygens (including phenoxy) is 6. The summed E-state index contributed by atoms with van der Waals surface area (Å²) in [6, 6.07) is 0. The van der Waals surface area contributed by atoms with Gasteiger partial charge in [0.15, 0.2) is 12.6 Å². The third-order valence-corrected chi connectivity index (χ3v) is 17.7. The number of unbranched alkanes of at least 4 members (excludes halogenated alkanes) is 13. The van der Waals surface area contributed by atoms with E-state index in [2.05, 4.69) is 32.6 Å². The van der Waals surface area contributed by atoms with Crippen molar-refractivity contribution in [3.8, 4) is 0 Å². The quantitative estimate of drug-likeness (QED) is 0.0359. The van der Waals surface area contributed by atoms with Gasteiger partial charge in [-0.15, -0.1) is 0 Å². The van der Waals surface area contributed by atoms with Crippen molar-refractivity contribution in [3.05, 3.63) is 0 Å². The number of aliphatic hydroxyl groups is 1. The molecule has 8 unspecified atom stereocenters. The number of rotatable bonds is 48. The van der Waals surface area contributed by atoms with Crippen molar-refractivity contribution in [2.45, 2.75) is 259 Å². The fraction of sp³-hybridized carbons (Fsp3) is 0.967. The summed E-state index contributed by atoms with van der Waals surface area (Å²) in [5.74, 6) is 5.29. The van der Waals surface area contributed by atoms with Crippen molar-refractivity contribution >= 4 is 11.9 Å². The molecular formula is C61H111NO9. The van der Waals surface area contributed by atoms with E-state index in [1.54, 1.807) is 0 Å². The van der Waals surface area contributed by atoms with Gasteiger partial charge in [-0.1, -0.05) is 156 Å². The van der Waals surface area contributed by atoms with E-state index in [1.165, 1.54) is 154 Å². The standard InChI is InChI=1S/C61H111NO9/c1-5-9-13-17-23-49-41-53(49)45-68-59(69-46-54-42-50(54)24-18-14-10-6-2)29-27-57(64)66-39-33-61(31-36-62(37-32-61)35-21-22-38-63)34-40-67-58(65)28-30-60(70-47-55-43-51(55)25-19-15-11-7-3)71-48-56-44-52(56)26-20-16-12-8-4/h49-56,59-60,63H,5-48H2,1-4H3. The molecule has 10 nitrogen and oxygen atoms in total. The number of carbonyl (C=O) groups is 2. The van der Waals surface area contributed by atoms with E-state index in [4.69, 9.17) is 28.4 Å². The zero-order chi connectivity index (χ0) is 50.4. The van der Waals surface area contributed by atoms with Crippen LogP contribution in [0.1, 0.15) is 246 Å². The first-order valence-electron chi connectivity index (χ1n) is 30.9. The molecule has 4 saturated carbocycles. The normalized spacial score (nSPS) is 26.3. The Morgan fingerprint density at radius 2 is 0.831 bits per heavy atom. The van der Waals surface area contributed by atoms with E-state index in [0.29, 0.717) is 62.6 Å². The summed E-state index contributed by atoms with van der Waals surface area (Å²) in [7, 11) is 0. The minimum atomic E-state index is -0.360. The summed E-state index contributed by atoms with van der Waals surface area (Å²) in [5, 5.41) is 9.37. The third-order valence-electron chi connectivity index (χ3n) is 17.7. The van der Waals surface area contributed by atoms with Gasteiger partial charge in [-0.2, -0.15) is 0 Å². The van der Waals surface area contributed by atoms with Crippen LogP contribution in [0.15, 0.2) is 0 Å². The Labute approximate surface area is 435 Å². The van der Waals surface area contributed by atoms with Gasteiger partial charge in [-0.05, 0) is 137 Å². The van der Waals surface area contributed by atoms with Gasteiger partial charge in [-0.25, -0.2) is 0 Å². The van der Waals surface area contributed by atoms with Crippen molar-refractivity contribution in [3.63, 3.8) is 0 Å². The molecule has 4 aliphatic carbocycles. The SMILES string of the molecule is CCCCCCC1CC1COC(CCC(=O)OCCC1(CCOC(=O)CCC(OCC2CC2CCCCCC)OCC2CC2CCCCCC)CCN(CCCCO)CC1)OCC1CC1CCCCCC. The topological polar surface area (TPSA) is 113 Å². The van der Waals surface area contributed by atoms with Gasteiger partial charge in [0, 0.05) is 19.4 Å². The van der Waals surface area contributed by atoms with E-state index in [9.17, 15) is 14.7 Å². The first-order chi connectivity index (χ1) is 34.8. The maximum atomic E-state index is 13.4. The molecule has 1 heterocycles. The van der Waals surface area contributed by atoms with Gasteiger partial charge in [0.1, 0.15) is 0 Å². The smallest absolute Gasteiger partial charge is 0.305 e. The van der Waals surface area contributed by atoms with Crippen molar-refractivity contribution in [2.75, 3.05) is 65.9 Å². The van der Waals surface area contributed by atoms with Crippen molar-refractivity contribution in [2.24, 2.45) is 52.8 Å². The first-order valence-corrected chi connectivity index (χ1v) is 30.9. The molecule has 1 aliphatic heterocycles. The summed E-state index contributed by atoms with van der Waals surface area (Å²) in [6.45, 7) is 15.9. The Kier molecular flexibility index (Phi) is 30.6. The molecule has 1 saturated heterocycles. The molecule has 0 bridgehead atoms. The lowest BCUT2D eigenvalue weighted by Crippen LogP contribution is -2.42. The van der Waals surface area contributed by atoms with Crippen LogP contribution in [0.2, 0.25) is 0 Å². The van der Waals surface area contributed by atoms with Crippen molar-refractivity contribution in [1.82, 2.24) is 4.90 Å². The van der Waals surface area contributed by atoms with Gasteiger partial charge in [0.25, 0.3) is 0 Å². The Balaban J connectivity index is 1.05. The average molecular weight is 1000 g/mol. The maximum absolute atomic E-state index is 13.4. The molecule has 0 aromatic rings. The monoisotopic (exact) mass is 1000 g/mol. The molecule has 0 radical (unpaired) electrons. The van der Waals surface area contributed by atoms with E-state index in [-0.39, 0.29) is 36.5 Å². The molecule has 5 aliphatic rings. The number of likely N-dealkylation sites (tertiary alicyclic amines) is 1. The highest BCUT2D eigenvalue weighted by Crippen LogP contribution is 2.46. The van der Waals surface area contributed by atoms with Crippen LogP contribution in [0.3, 0.4) is 0 Å². The number of piperidine rings is 1. The maximum Gasteiger partial charge on any atom is 0.305 e. The van der Waals surface area contributed by atoms with Crippen LogP contribution in [-0.2, 0) is 38.0 Å². The molecule has 0 amide bonds. The second-order valence-electron chi connectivity index (χ2n) is 23.9. The Bertz CT molecular complexity index is 1230. The molecule has 1 N–H and O–H groups in total. The zero-order valence-corrected chi connectivity index (χ0v) is 46.5. The molecule has 8 atom stereocenters. The van der Waals surface area contributed by atoms with Gasteiger partial charge < -0.3 is 38.4 Å². The zero-order valence-electron chi connectivity index (χ0n) is 46.5. The summed E-state index contributed by atoms with van der Waals surface area (Å²) in [5.41, 5.74) is -0.0685. The summed E-state index contributed by atoms with van der Waals surface area (Å²) >= 11 is 0. The van der Waals surface area contributed by atoms with E-state index in [1.807, 2.05) is 0 Å². The number of esters is 2. The largest absolute Gasteiger partial charge is 0.466 e. The predicted molar refractivity (Wildman–Crippen MR) is 287 cm³/mol. The van der Waals surface area contributed by atoms with E-state index in [0.717, 1.165) is 108 Å². The van der Waals surface area contributed by atoms with Crippen LogP contribution in [-0.4, -0.2) is 100 Å². The molecule has 10 heteroatoms. The van der Waals surface area contributed by atoms with Crippen LogP contribution < -0.4 is 0 Å².